The lowest BCUT2D eigenvalue weighted by atomic mass is 9.82. The maximum atomic E-state index is 12.3. The molecule has 108 valence electrons. The maximum Gasteiger partial charge on any atom is 0.337 e. The number of carboxylic acids is 1. The van der Waals surface area contributed by atoms with Crippen molar-refractivity contribution in [3.63, 3.8) is 0 Å². The second-order valence-corrected chi connectivity index (χ2v) is 5.53. The van der Waals surface area contributed by atoms with Gasteiger partial charge < -0.3 is 16.2 Å². The van der Waals surface area contributed by atoms with Gasteiger partial charge in [-0.25, -0.2) is 4.79 Å². The lowest BCUT2D eigenvalue weighted by Crippen LogP contribution is -2.52. The van der Waals surface area contributed by atoms with Crippen LogP contribution in [0.25, 0.3) is 0 Å². The molecule has 1 aliphatic rings. The predicted molar refractivity (Wildman–Crippen MR) is 76.8 cm³/mol. The lowest BCUT2D eigenvalue weighted by Gasteiger charge is -2.32. The minimum Gasteiger partial charge on any atom is -0.478 e. The second kappa shape index (κ2) is 5.63. The molecule has 1 saturated carbocycles. The molecule has 0 aliphatic heterocycles. The summed E-state index contributed by atoms with van der Waals surface area (Å²) < 4.78 is 0. The lowest BCUT2D eigenvalue weighted by molar-refractivity contribution is -0.122. The van der Waals surface area contributed by atoms with Crippen LogP contribution in [0.2, 0.25) is 0 Å². The Morgan fingerprint density at radius 1 is 1.25 bits per heavy atom. The predicted octanol–water partition coefficient (Wildman–Crippen LogP) is 2.29. The number of aromatic carboxylic acids is 1. The van der Waals surface area contributed by atoms with E-state index < -0.39 is 11.5 Å². The van der Waals surface area contributed by atoms with E-state index in [4.69, 9.17) is 5.73 Å². The zero-order valence-corrected chi connectivity index (χ0v) is 11.6. The summed E-state index contributed by atoms with van der Waals surface area (Å²) in [4.78, 5) is 23.5. The van der Waals surface area contributed by atoms with Crippen LogP contribution in [-0.4, -0.2) is 22.5 Å². The van der Waals surface area contributed by atoms with Crippen molar-refractivity contribution in [3.8, 4) is 0 Å². The van der Waals surface area contributed by atoms with Gasteiger partial charge in [0.25, 0.3) is 0 Å². The van der Waals surface area contributed by atoms with Crippen LogP contribution >= 0.6 is 0 Å². The minimum atomic E-state index is -1.06. The van der Waals surface area contributed by atoms with Gasteiger partial charge in [0.1, 0.15) is 0 Å². The molecule has 20 heavy (non-hydrogen) atoms. The van der Waals surface area contributed by atoms with Crippen molar-refractivity contribution in [2.75, 3.05) is 5.32 Å². The van der Waals surface area contributed by atoms with E-state index in [0.717, 1.165) is 24.8 Å². The first-order valence-corrected chi connectivity index (χ1v) is 6.87. The zero-order valence-electron chi connectivity index (χ0n) is 11.6. The number of aryl methyl sites for hydroxylation is 1. The number of hydrogen-bond donors (Lipinski definition) is 3. The number of hydrogen-bond acceptors (Lipinski definition) is 3. The maximum absolute atomic E-state index is 12.3. The van der Waals surface area contributed by atoms with Gasteiger partial charge in [-0.2, -0.15) is 0 Å². The molecule has 0 radical (unpaired) electrons. The largest absolute Gasteiger partial charge is 0.478 e. The van der Waals surface area contributed by atoms with Crippen LogP contribution in [0.4, 0.5) is 5.69 Å². The van der Waals surface area contributed by atoms with Gasteiger partial charge in [0, 0.05) is 0 Å². The molecule has 1 amide bonds. The minimum absolute atomic E-state index is 0.0951. The summed E-state index contributed by atoms with van der Waals surface area (Å²) in [5, 5.41) is 11.9. The number of nitrogens with two attached hydrogens (primary N) is 1. The monoisotopic (exact) mass is 276 g/mol. The number of nitrogens with one attached hydrogen (secondary N) is 1. The molecule has 4 N–H and O–H groups in total. The van der Waals surface area contributed by atoms with Gasteiger partial charge >= 0.3 is 5.97 Å². The SMILES string of the molecule is Cc1ccc(NC(=O)C2(N)CCCCC2)c(C(=O)O)c1. The number of benzene rings is 1. The quantitative estimate of drug-likeness (QED) is 0.789. The fraction of sp³-hybridized carbons (Fsp3) is 0.467. The summed E-state index contributed by atoms with van der Waals surface area (Å²) in [6.07, 6.45) is 4.25. The van der Waals surface area contributed by atoms with Gasteiger partial charge in [0.05, 0.1) is 16.8 Å². The van der Waals surface area contributed by atoms with Crippen molar-refractivity contribution < 1.29 is 14.7 Å². The Balaban J connectivity index is 2.21. The van der Waals surface area contributed by atoms with E-state index in [1.807, 2.05) is 6.92 Å². The van der Waals surface area contributed by atoms with Crippen molar-refractivity contribution in [3.05, 3.63) is 29.3 Å². The molecule has 0 spiro atoms. The Kier molecular flexibility index (Phi) is 4.09. The molecular weight excluding hydrogens is 256 g/mol. The van der Waals surface area contributed by atoms with E-state index in [-0.39, 0.29) is 11.5 Å². The van der Waals surface area contributed by atoms with Crippen LogP contribution in [0, 0.1) is 6.92 Å². The second-order valence-electron chi connectivity index (χ2n) is 5.53. The number of anilines is 1. The van der Waals surface area contributed by atoms with Gasteiger partial charge in [0.2, 0.25) is 5.91 Å². The molecule has 0 saturated heterocycles. The summed E-state index contributed by atoms with van der Waals surface area (Å²) in [5.74, 6) is -1.35. The molecule has 5 heteroatoms. The van der Waals surface area contributed by atoms with E-state index in [9.17, 15) is 14.7 Å². The molecule has 0 atom stereocenters. The van der Waals surface area contributed by atoms with E-state index in [0.29, 0.717) is 18.5 Å². The summed E-state index contributed by atoms with van der Waals surface area (Å²) >= 11 is 0. The molecular formula is C15H20N2O3. The number of amides is 1. The highest BCUT2D eigenvalue weighted by molar-refractivity contribution is 6.03. The average molecular weight is 276 g/mol. The summed E-state index contributed by atoms with van der Waals surface area (Å²) in [6, 6.07) is 4.93. The molecule has 1 aliphatic carbocycles. The van der Waals surface area contributed by atoms with Crippen LogP contribution in [0.3, 0.4) is 0 Å². The Morgan fingerprint density at radius 3 is 2.50 bits per heavy atom. The van der Waals surface area contributed by atoms with Crippen molar-refractivity contribution in [2.45, 2.75) is 44.6 Å². The fourth-order valence-corrected chi connectivity index (χ4v) is 2.60. The van der Waals surface area contributed by atoms with Crippen molar-refractivity contribution in [1.29, 1.82) is 0 Å². The van der Waals surface area contributed by atoms with Gasteiger partial charge in [-0.05, 0) is 31.9 Å². The van der Waals surface area contributed by atoms with Crippen LogP contribution in [0.15, 0.2) is 18.2 Å². The number of carbonyl (C=O) groups excluding carboxylic acids is 1. The van der Waals surface area contributed by atoms with Gasteiger partial charge in [-0.1, -0.05) is 30.9 Å². The third-order valence-electron chi connectivity index (χ3n) is 3.85. The first kappa shape index (κ1) is 14.5. The van der Waals surface area contributed by atoms with Gasteiger partial charge in [0.15, 0.2) is 0 Å². The normalized spacial score (nSPS) is 17.5. The van der Waals surface area contributed by atoms with E-state index in [2.05, 4.69) is 5.32 Å². The summed E-state index contributed by atoms with van der Waals surface area (Å²) in [7, 11) is 0. The zero-order chi connectivity index (χ0) is 14.8. The van der Waals surface area contributed by atoms with E-state index >= 15 is 0 Å². The molecule has 5 nitrogen and oxygen atoms in total. The van der Waals surface area contributed by atoms with Crippen molar-refractivity contribution in [1.82, 2.24) is 0 Å². The first-order chi connectivity index (χ1) is 9.42. The molecule has 0 bridgehead atoms. The standard InChI is InChI=1S/C15H20N2O3/c1-10-5-6-12(11(9-10)13(18)19)17-14(20)15(16)7-3-2-4-8-15/h5-6,9H,2-4,7-8,16H2,1H3,(H,17,20)(H,18,19). The topological polar surface area (TPSA) is 92.4 Å². The van der Waals surface area contributed by atoms with Crippen molar-refractivity contribution in [2.24, 2.45) is 5.73 Å². The Labute approximate surface area is 118 Å². The summed E-state index contributed by atoms with van der Waals surface area (Å²) in [6.45, 7) is 1.81. The Hall–Kier alpha value is -1.88. The third-order valence-corrected chi connectivity index (χ3v) is 3.85. The van der Waals surface area contributed by atoms with Gasteiger partial charge in [-0.15, -0.1) is 0 Å². The first-order valence-electron chi connectivity index (χ1n) is 6.87. The van der Waals surface area contributed by atoms with Crippen LogP contribution in [-0.2, 0) is 4.79 Å². The average Bonchev–Trinajstić information content (AvgIpc) is 2.41. The van der Waals surface area contributed by atoms with Gasteiger partial charge in [-0.3, -0.25) is 4.79 Å². The Bertz CT molecular complexity index is 534. The van der Waals surface area contributed by atoms with Crippen molar-refractivity contribution >= 4 is 17.6 Å². The molecule has 0 unspecified atom stereocenters. The smallest absolute Gasteiger partial charge is 0.337 e. The highest BCUT2D eigenvalue weighted by atomic mass is 16.4. The number of carbonyl (C=O) groups is 2. The highest BCUT2D eigenvalue weighted by Crippen LogP contribution is 2.28. The Morgan fingerprint density at radius 2 is 1.90 bits per heavy atom. The number of rotatable bonds is 3. The van der Waals surface area contributed by atoms with Crippen LogP contribution in [0.5, 0.6) is 0 Å². The molecule has 1 fully saturated rings. The highest BCUT2D eigenvalue weighted by Gasteiger charge is 2.35. The molecule has 1 aromatic rings. The van der Waals surface area contributed by atoms with Crippen LogP contribution in [0.1, 0.15) is 48.0 Å². The molecule has 0 aromatic heterocycles. The fourth-order valence-electron chi connectivity index (χ4n) is 2.60. The van der Waals surface area contributed by atoms with E-state index in [1.165, 1.54) is 0 Å². The van der Waals surface area contributed by atoms with E-state index in [1.54, 1.807) is 18.2 Å². The summed E-state index contributed by atoms with van der Waals surface area (Å²) in [5.41, 5.74) is 6.51. The molecule has 0 heterocycles. The molecule has 2 rings (SSSR count). The molecule has 1 aromatic carbocycles. The third kappa shape index (κ3) is 2.99. The van der Waals surface area contributed by atoms with Crippen LogP contribution < -0.4 is 11.1 Å². The number of carboxylic acid groups (broad SMARTS) is 1.